The molecular weight excluding hydrogens is 468 g/mol. The zero-order valence-corrected chi connectivity index (χ0v) is 20.2. The Kier molecular flexibility index (Phi) is 7.87. The maximum Gasteiger partial charge on any atom is 0.306 e. The van der Waals surface area contributed by atoms with Crippen molar-refractivity contribution in [2.75, 3.05) is 20.2 Å². The molecule has 3 N–H and O–H groups in total. The number of methoxy groups -OCH3 is 1. The van der Waals surface area contributed by atoms with Crippen molar-refractivity contribution in [2.24, 2.45) is 5.92 Å². The Morgan fingerprint density at radius 1 is 0.971 bits per heavy atom. The van der Waals surface area contributed by atoms with Gasteiger partial charge in [0, 0.05) is 28.7 Å². The minimum Gasteiger partial charge on any atom is -0.496 e. The van der Waals surface area contributed by atoms with E-state index in [-0.39, 0.29) is 23.8 Å². The number of rotatable bonds is 9. The standard InChI is InChI=1S/C26H28N2O6S/c1-33-21-3-2-4-22-20(21)15-23(35-22)25(30)28-14-13-27-24(29)16-5-9-18(10-6-16)34-19-11-7-17(8-12-19)26(31)32/h2-6,9-10,15,17,19H,7-8,11-14H2,1H3,(H,27,29)(H,28,30)(H,31,32)/t17-,19+. The summed E-state index contributed by atoms with van der Waals surface area (Å²) in [5.74, 6) is -0.0568. The number of carbonyl (C=O) groups is 3. The molecule has 0 spiro atoms. The molecule has 1 aliphatic rings. The Labute approximate surface area is 207 Å². The quantitative estimate of drug-likeness (QED) is 0.385. The largest absolute Gasteiger partial charge is 0.496 e. The number of amides is 2. The molecule has 0 unspecified atom stereocenters. The zero-order chi connectivity index (χ0) is 24.8. The molecular formula is C26H28N2O6S. The SMILES string of the molecule is COc1cccc2sc(C(=O)NCCNC(=O)c3ccc(O[C@H]4CC[C@@H](C(=O)O)CC4)cc3)cc12. The maximum absolute atomic E-state index is 12.5. The molecule has 1 aliphatic carbocycles. The topological polar surface area (TPSA) is 114 Å². The Hall–Kier alpha value is -3.59. The second-order valence-electron chi connectivity index (χ2n) is 8.45. The average molecular weight is 497 g/mol. The second-order valence-corrected chi connectivity index (χ2v) is 9.53. The van der Waals surface area contributed by atoms with Gasteiger partial charge in [-0.1, -0.05) is 6.07 Å². The molecule has 0 aliphatic heterocycles. The highest BCUT2D eigenvalue weighted by Crippen LogP contribution is 2.32. The van der Waals surface area contributed by atoms with Gasteiger partial charge in [0.05, 0.1) is 24.0 Å². The Bertz CT molecular complexity index is 1200. The molecule has 2 amide bonds. The minimum atomic E-state index is -0.737. The Morgan fingerprint density at radius 2 is 1.66 bits per heavy atom. The summed E-state index contributed by atoms with van der Waals surface area (Å²) in [6.07, 6.45) is 2.65. The van der Waals surface area contributed by atoms with E-state index in [1.165, 1.54) is 11.3 Å². The summed E-state index contributed by atoms with van der Waals surface area (Å²) in [6.45, 7) is 0.597. The van der Waals surface area contributed by atoms with Crippen LogP contribution in [-0.4, -0.2) is 49.2 Å². The van der Waals surface area contributed by atoms with Crippen molar-refractivity contribution in [3.63, 3.8) is 0 Å². The summed E-state index contributed by atoms with van der Waals surface area (Å²) in [5.41, 5.74) is 0.495. The van der Waals surface area contributed by atoms with Crippen LogP contribution in [0.1, 0.15) is 45.7 Å². The third-order valence-corrected chi connectivity index (χ3v) is 7.20. The molecule has 35 heavy (non-hydrogen) atoms. The molecule has 2 aromatic carbocycles. The number of aliphatic carboxylic acids is 1. The van der Waals surface area contributed by atoms with E-state index in [1.54, 1.807) is 31.4 Å². The fraction of sp³-hybridized carbons (Fsp3) is 0.346. The number of hydrogen-bond acceptors (Lipinski definition) is 6. The van der Waals surface area contributed by atoms with Crippen LogP contribution in [-0.2, 0) is 4.79 Å². The van der Waals surface area contributed by atoms with Gasteiger partial charge in [0.1, 0.15) is 11.5 Å². The molecule has 8 nitrogen and oxygen atoms in total. The molecule has 0 atom stereocenters. The molecule has 1 aromatic heterocycles. The number of thiophene rings is 1. The number of nitrogens with one attached hydrogen (secondary N) is 2. The van der Waals surface area contributed by atoms with Gasteiger partial charge in [-0.3, -0.25) is 14.4 Å². The molecule has 0 radical (unpaired) electrons. The van der Waals surface area contributed by atoms with Crippen molar-refractivity contribution in [1.82, 2.24) is 10.6 Å². The molecule has 0 bridgehead atoms. The highest BCUT2D eigenvalue weighted by atomic mass is 32.1. The maximum atomic E-state index is 12.5. The van der Waals surface area contributed by atoms with Crippen LogP contribution in [0.4, 0.5) is 0 Å². The van der Waals surface area contributed by atoms with Crippen molar-refractivity contribution in [2.45, 2.75) is 31.8 Å². The van der Waals surface area contributed by atoms with E-state index in [2.05, 4.69) is 10.6 Å². The van der Waals surface area contributed by atoms with E-state index < -0.39 is 5.97 Å². The average Bonchev–Trinajstić information content (AvgIpc) is 3.32. The predicted molar refractivity (Wildman–Crippen MR) is 133 cm³/mol. The van der Waals surface area contributed by atoms with Gasteiger partial charge in [0.15, 0.2) is 0 Å². The third-order valence-electron chi connectivity index (χ3n) is 6.10. The summed E-state index contributed by atoms with van der Waals surface area (Å²) >= 11 is 1.39. The molecule has 0 saturated heterocycles. The lowest BCUT2D eigenvalue weighted by Crippen LogP contribution is -2.34. The summed E-state index contributed by atoms with van der Waals surface area (Å²) in [7, 11) is 1.60. The number of benzene rings is 2. The summed E-state index contributed by atoms with van der Waals surface area (Å²) < 4.78 is 12.3. The number of ether oxygens (including phenoxy) is 2. The first kappa shape index (κ1) is 24.5. The summed E-state index contributed by atoms with van der Waals surface area (Å²) in [6, 6.07) is 14.4. The van der Waals surface area contributed by atoms with Crippen LogP contribution in [0.3, 0.4) is 0 Å². The highest BCUT2D eigenvalue weighted by Gasteiger charge is 2.26. The van der Waals surface area contributed by atoms with E-state index in [0.29, 0.717) is 55.0 Å². The van der Waals surface area contributed by atoms with Crippen molar-refractivity contribution >= 4 is 39.2 Å². The molecule has 1 heterocycles. The number of carbonyl (C=O) groups excluding carboxylic acids is 2. The Morgan fingerprint density at radius 3 is 2.31 bits per heavy atom. The van der Waals surface area contributed by atoms with E-state index in [1.807, 2.05) is 24.3 Å². The number of carboxylic acids is 1. The van der Waals surface area contributed by atoms with Gasteiger partial charge in [-0.05, 0) is 68.1 Å². The van der Waals surface area contributed by atoms with Crippen LogP contribution in [0.2, 0.25) is 0 Å². The van der Waals surface area contributed by atoms with Crippen LogP contribution in [0.25, 0.3) is 10.1 Å². The smallest absolute Gasteiger partial charge is 0.306 e. The monoisotopic (exact) mass is 496 g/mol. The van der Waals surface area contributed by atoms with Gasteiger partial charge in [-0.2, -0.15) is 0 Å². The third kappa shape index (κ3) is 6.10. The van der Waals surface area contributed by atoms with E-state index in [0.717, 1.165) is 15.8 Å². The van der Waals surface area contributed by atoms with Crippen LogP contribution in [0.15, 0.2) is 48.5 Å². The molecule has 184 valence electrons. The van der Waals surface area contributed by atoms with Crippen LogP contribution < -0.4 is 20.1 Å². The van der Waals surface area contributed by atoms with Crippen molar-refractivity contribution in [3.8, 4) is 11.5 Å². The lowest BCUT2D eigenvalue weighted by atomic mass is 9.87. The zero-order valence-electron chi connectivity index (χ0n) is 19.4. The molecule has 4 rings (SSSR count). The normalized spacial score (nSPS) is 17.5. The van der Waals surface area contributed by atoms with Crippen LogP contribution >= 0.6 is 11.3 Å². The van der Waals surface area contributed by atoms with E-state index in [4.69, 9.17) is 14.6 Å². The van der Waals surface area contributed by atoms with Crippen LogP contribution in [0, 0.1) is 5.92 Å². The summed E-state index contributed by atoms with van der Waals surface area (Å²) in [5, 5.41) is 15.6. The van der Waals surface area contributed by atoms with Gasteiger partial charge in [-0.15, -0.1) is 11.3 Å². The molecule has 1 fully saturated rings. The number of hydrogen-bond donors (Lipinski definition) is 3. The Balaban J connectivity index is 1.20. The minimum absolute atomic E-state index is 0.00378. The first-order valence-corrected chi connectivity index (χ1v) is 12.4. The highest BCUT2D eigenvalue weighted by molar-refractivity contribution is 7.20. The first-order chi connectivity index (χ1) is 16.9. The van der Waals surface area contributed by atoms with E-state index >= 15 is 0 Å². The van der Waals surface area contributed by atoms with Crippen LogP contribution in [0.5, 0.6) is 11.5 Å². The lowest BCUT2D eigenvalue weighted by molar-refractivity contribution is -0.143. The predicted octanol–water partition coefficient (Wildman–Crippen LogP) is 4.09. The van der Waals surface area contributed by atoms with Gasteiger partial charge in [-0.25, -0.2) is 0 Å². The fourth-order valence-corrected chi connectivity index (χ4v) is 5.16. The first-order valence-electron chi connectivity index (χ1n) is 11.6. The summed E-state index contributed by atoms with van der Waals surface area (Å²) in [4.78, 5) is 36.6. The van der Waals surface area contributed by atoms with Crippen molar-refractivity contribution in [1.29, 1.82) is 0 Å². The van der Waals surface area contributed by atoms with Crippen molar-refractivity contribution < 1.29 is 29.0 Å². The van der Waals surface area contributed by atoms with Crippen molar-refractivity contribution in [3.05, 3.63) is 59.0 Å². The lowest BCUT2D eigenvalue weighted by Gasteiger charge is -2.26. The number of carboxylic acid groups (broad SMARTS) is 1. The number of fused-ring (bicyclic) bond motifs is 1. The van der Waals surface area contributed by atoms with Gasteiger partial charge in [0.25, 0.3) is 11.8 Å². The van der Waals surface area contributed by atoms with Gasteiger partial charge in [0.2, 0.25) is 0 Å². The molecule has 9 heteroatoms. The van der Waals surface area contributed by atoms with Gasteiger partial charge >= 0.3 is 5.97 Å². The second kappa shape index (κ2) is 11.2. The fourth-order valence-electron chi connectivity index (χ4n) is 4.17. The van der Waals surface area contributed by atoms with E-state index in [9.17, 15) is 14.4 Å². The molecule has 1 saturated carbocycles. The van der Waals surface area contributed by atoms with Gasteiger partial charge < -0.3 is 25.2 Å². The molecule has 3 aromatic rings.